The van der Waals surface area contributed by atoms with Crippen molar-refractivity contribution in [3.8, 4) is 5.75 Å². The van der Waals surface area contributed by atoms with Crippen LogP contribution < -0.4 is 10.1 Å². The van der Waals surface area contributed by atoms with Crippen LogP contribution in [0.4, 0.5) is 13.2 Å². The van der Waals surface area contributed by atoms with E-state index in [1.165, 1.54) is 17.0 Å². The highest BCUT2D eigenvalue weighted by Gasteiger charge is 2.62. The molecule has 0 aliphatic heterocycles. The topological polar surface area (TPSA) is 24.5 Å². The molecule has 4 rings (SSSR count). The monoisotopic (exact) mass is 566 g/mol. The first-order valence-corrected chi connectivity index (χ1v) is 13.7. The Morgan fingerprint density at radius 2 is 1.27 bits per heavy atom. The molecule has 0 aromatic heterocycles. The van der Waals surface area contributed by atoms with Gasteiger partial charge in [0.25, 0.3) is 0 Å². The first-order chi connectivity index (χ1) is 19.2. The molecule has 1 N–H and O–H groups in total. The molecule has 40 heavy (non-hydrogen) atoms. The van der Waals surface area contributed by atoms with E-state index in [4.69, 9.17) is 16.3 Å². The van der Waals surface area contributed by atoms with E-state index in [0.717, 1.165) is 5.56 Å². The second-order valence-corrected chi connectivity index (χ2v) is 10.4. The zero-order valence-electron chi connectivity index (χ0n) is 22.7. The average Bonchev–Trinajstić information content (AvgIpc) is 2.97. The van der Waals surface area contributed by atoms with Gasteiger partial charge in [-0.1, -0.05) is 115 Å². The fraction of sp³-hybridized carbons (Fsp3) is 0.273. The number of nitrogens with zero attached hydrogens (tertiary/aromatic N) is 1. The van der Waals surface area contributed by atoms with E-state index in [2.05, 4.69) is 5.32 Å². The van der Waals surface area contributed by atoms with Crippen molar-refractivity contribution in [1.29, 1.82) is 0 Å². The molecule has 0 spiro atoms. The predicted molar refractivity (Wildman–Crippen MR) is 155 cm³/mol. The number of halogens is 4. The first kappa shape index (κ1) is 29.7. The van der Waals surface area contributed by atoms with Crippen LogP contribution in [0.2, 0.25) is 0 Å². The van der Waals surface area contributed by atoms with Gasteiger partial charge in [-0.3, -0.25) is 4.90 Å². The van der Waals surface area contributed by atoms with Crippen molar-refractivity contribution in [2.75, 3.05) is 20.2 Å². The standard InChI is InChI=1S/C33H34ClF3N2O/c1-31(27-15-6-3-7-16-27,28-17-8-4-9-18-28)39(32(34,33(35,36)37)29-19-10-5-11-20-29)22-13-23-40-30-21-12-14-26(24-30)25-38-2/h3-12,14-21,24,38H,13,22-23,25H2,1-2H3. The minimum Gasteiger partial charge on any atom is -0.494 e. The molecule has 3 nitrogen and oxygen atoms in total. The van der Waals surface area contributed by atoms with Crippen LogP contribution in [0.1, 0.15) is 35.6 Å². The lowest BCUT2D eigenvalue weighted by Crippen LogP contribution is -2.60. The molecule has 4 aromatic carbocycles. The quantitative estimate of drug-likeness (QED) is 0.106. The third-order valence-corrected chi connectivity index (χ3v) is 7.83. The van der Waals surface area contributed by atoms with Crippen LogP contribution in [0.25, 0.3) is 0 Å². The lowest BCUT2D eigenvalue weighted by molar-refractivity contribution is -0.220. The Morgan fingerprint density at radius 1 is 0.750 bits per heavy atom. The highest BCUT2D eigenvalue weighted by atomic mass is 35.5. The third-order valence-electron chi connectivity index (χ3n) is 7.19. The number of nitrogens with one attached hydrogen (secondary N) is 1. The fourth-order valence-corrected chi connectivity index (χ4v) is 5.56. The Balaban J connectivity index is 1.78. The molecule has 1 atom stereocenters. The second kappa shape index (κ2) is 12.9. The minimum atomic E-state index is -4.80. The van der Waals surface area contributed by atoms with Crippen molar-refractivity contribution in [2.24, 2.45) is 0 Å². The third kappa shape index (κ3) is 6.20. The summed E-state index contributed by atoms with van der Waals surface area (Å²) < 4.78 is 51.8. The zero-order chi connectivity index (χ0) is 28.6. The fourth-order valence-electron chi connectivity index (χ4n) is 5.18. The van der Waals surface area contributed by atoms with Gasteiger partial charge in [0.2, 0.25) is 5.00 Å². The Labute approximate surface area is 239 Å². The maximum absolute atomic E-state index is 15.3. The van der Waals surface area contributed by atoms with E-state index in [-0.39, 0.29) is 18.7 Å². The summed E-state index contributed by atoms with van der Waals surface area (Å²) in [5, 5.41) is 3.10. The maximum atomic E-state index is 15.3. The van der Waals surface area contributed by atoms with E-state index in [0.29, 0.717) is 29.8 Å². The Morgan fingerprint density at radius 3 is 1.77 bits per heavy atom. The Bertz CT molecular complexity index is 1300. The molecular formula is C33H34ClF3N2O. The summed E-state index contributed by atoms with van der Waals surface area (Å²) in [5.41, 5.74) is 1.19. The number of benzene rings is 4. The van der Waals surface area contributed by atoms with Crippen LogP contribution in [0.3, 0.4) is 0 Å². The number of hydrogen-bond acceptors (Lipinski definition) is 3. The first-order valence-electron chi connectivity index (χ1n) is 13.3. The van der Waals surface area contributed by atoms with Crippen molar-refractivity contribution < 1.29 is 17.9 Å². The summed E-state index contributed by atoms with van der Waals surface area (Å²) >= 11 is 6.90. The summed E-state index contributed by atoms with van der Waals surface area (Å²) in [5.74, 6) is 0.671. The molecule has 210 valence electrons. The van der Waals surface area contributed by atoms with Gasteiger partial charge in [-0.15, -0.1) is 0 Å². The van der Waals surface area contributed by atoms with E-state index in [1.807, 2.05) is 98.9 Å². The molecule has 4 aromatic rings. The normalized spacial score (nSPS) is 13.7. The molecule has 0 bridgehead atoms. The molecule has 0 saturated carbocycles. The molecule has 0 heterocycles. The SMILES string of the molecule is CNCc1cccc(OCCCN(C(C)(c2ccccc2)c2ccccc2)C(Cl)(c2ccccc2)C(F)(F)F)c1. The van der Waals surface area contributed by atoms with E-state index < -0.39 is 16.7 Å². The van der Waals surface area contributed by atoms with Gasteiger partial charge in [-0.2, -0.15) is 13.2 Å². The zero-order valence-corrected chi connectivity index (χ0v) is 23.4. The van der Waals surface area contributed by atoms with Gasteiger partial charge in [0.15, 0.2) is 0 Å². The summed E-state index contributed by atoms with van der Waals surface area (Å²) in [6, 6.07) is 33.8. The van der Waals surface area contributed by atoms with Gasteiger partial charge < -0.3 is 10.1 Å². The van der Waals surface area contributed by atoms with Gasteiger partial charge in [-0.25, -0.2) is 0 Å². The molecule has 0 aliphatic carbocycles. The number of ether oxygens (including phenoxy) is 1. The van der Waals surface area contributed by atoms with Crippen molar-refractivity contribution >= 4 is 11.6 Å². The lowest BCUT2D eigenvalue weighted by atomic mass is 9.80. The van der Waals surface area contributed by atoms with Crippen LogP contribution in [-0.2, 0) is 17.1 Å². The molecule has 0 fully saturated rings. The molecule has 0 aliphatic rings. The maximum Gasteiger partial charge on any atom is 0.425 e. The van der Waals surface area contributed by atoms with Gasteiger partial charge >= 0.3 is 6.18 Å². The molecule has 0 amide bonds. The van der Waals surface area contributed by atoms with Crippen molar-refractivity contribution in [1.82, 2.24) is 10.2 Å². The summed E-state index contributed by atoms with van der Waals surface area (Å²) in [7, 11) is 1.87. The molecule has 0 radical (unpaired) electrons. The van der Waals surface area contributed by atoms with Crippen molar-refractivity contribution in [2.45, 2.75) is 36.6 Å². The van der Waals surface area contributed by atoms with Crippen molar-refractivity contribution in [3.05, 3.63) is 138 Å². The van der Waals surface area contributed by atoms with Crippen LogP contribution >= 0.6 is 11.6 Å². The predicted octanol–water partition coefficient (Wildman–Crippen LogP) is 8.09. The van der Waals surface area contributed by atoms with E-state index in [9.17, 15) is 0 Å². The van der Waals surface area contributed by atoms with Crippen molar-refractivity contribution in [3.63, 3.8) is 0 Å². The second-order valence-electron chi connectivity index (χ2n) is 9.82. The smallest absolute Gasteiger partial charge is 0.425 e. The molecule has 7 heteroatoms. The number of hydrogen-bond donors (Lipinski definition) is 1. The van der Waals surface area contributed by atoms with Crippen LogP contribution in [0.5, 0.6) is 5.75 Å². The summed E-state index contributed by atoms with van der Waals surface area (Å²) in [6.07, 6.45) is -4.49. The van der Waals surface area contributed by atoms with E-state index >= 15 is 13.2 Å². The Hall–Kier alpha value is -3.32. The lowest BCUT2D eigenvalue weighted by Gasteiger charge is -2.51. The van der Waals surface area contributed by atoms with Gasteiger partial charge in [0, 0.05) is 13.1 Å². The Kier molecular flexibility index (Phi) is 9.56. The molecule has 1 unspecified atom stereocenters. The molecule has 0 saturated heterocycles. The minimum absolute atomic E-state index is 0.00833. The molecular weight excluding hydrogens is 533 g/mol. The van der Waals surface area contributed by atoms with Crippen LogP contribution in [-0.4, -0.2) is 31.3 Å². The average molecular weight is 567 g/mol. The van der Waals surface area contributed by atoms with Crippen LogP contribution in [0, 0.1) is 0 Å². The summed E-state index contributed by atoms with van der Waals surface area (Å²) in [4.78, 5) is -1.44. The highest BCUT2D eigenvalue weighted by Crippen LogP contribution is 2.53. The van der Waals surface area contributed by atoms with E-state index in [1.54, 1.807) is 18.2 Å². The summed E-state index contributed by atoms with van der Waals surface area (Å²) in [6.45, 7) is 2.73. The van der Waals surface area contributed by atoms with Crippen LogP contribution in [0.15, 0.2) is 115 Å². The van der Waals surface area contributed by atoms with Gasteiger partial charge in [0.1, 0.15) is 5.75 Å². The number of alkyl halides is 4. The highest BCUT2D eigenvalue weighted by molar-refractivity contribution is 6.24. The largest absolute Gasteiger partial charge is 0.494 e. The van der Waals surface area contributed by atoms with Gasteiger partial charge in [-0.05, 0) is 54.8 Å². The number of rotatable bonds is 12. The van der Waals surface area contributed by atoms with Gasteiger partial charge in [0.05, 0.1) is 12.1 Å².